The fourth-order valence-electron chi connectivity index (χ4n) is 2.61. The highest BCUT2D eigenvalue weighted by Crippen LogP contribution is 2.30. The number of benzene rings is 2. The second-order valence-corrected chi connectivity index (χ2v) is 6.64. The number of rotatable bonds is 5. The van der Waals surface area contributed by atoms with E-state index in [0.717, 1.165) is 21.5 Å². The number of nitrogens with one attached hydrogen (secondary N) is 1. The first-order chi connectivity index (χ1) is 12.8. The second-order valence-electron chi connectivity index (χ2n) is 5.72. The van der Waals surface area contributed by atoms with Crippen molar-refractivity contribution >= 4 is 49.7 Å². The van der Waals surface area contributed by atoms with Gasteiger partial charge in [-0.2, -0.15) is 5.10 Å². The summed E-state index contributed by atoms with van der Waals surface area (Å²) in [6, 6.07) is 8.92. The Bertz CT molecular complexity index is 1110. The van der Waals surface area contributed by atoms with Gasteiger partial charge < -0.3 is 4.42 Å². The molecule has 0 atom stereocenters. The summed E-state index contributed by atoms with van der Waals surface area (Å²) in [6.07, 6.45) is 0. The molecular formula is C17H13BrN4O5. The standard InChI is InChI=1S/C17H13BrN4O5/c1-9-13-7-11(18)3-6-16(13)27-17(9)10(2)19-20-14-5-4-12(21(23)24)8-15(14)22(25)26/h3-8,20H,1-2H3. The monoisotopic (exact) mass is 432 g/mol. The lowest BCUT2D eigenvalue weighted by Crippen LogP contribution is -2.02. The first kappa shape index (κ1) is 18.5. The van der Waals surface area contributed by atoms with Crippen LogP contribution < -0.4 is 5.43 Å². The summed E-state index contributed by atoms with van der Waals surface area (Å²) < 4.78 is 6.73. The molecule has 10 heteroatoms. The summed E-state index contributed by atoms with van der Waals surface area (Å²) in [4.78, 5) is 20.6. The highest BCUT2D eigenvalue weighted by Gasteiger charge is 2.20. The van der Waals surface area contributed by atoms with Gasteiger partial charge in [-0.25, -0.2) is 0 Å². The van der Waals surface area contributed by atoms with Crippen molar-refractivity contribution in [2.45, 2.75) is 13.8 Å². The molecule has 0 saturated heterocycles. The van der Waals surface area contributed by atoms with Gasteiger partial charge in [0, 0.05) is 21.5 Å². The Labute approximate surface area is 161 Å². The Morgan fingerprint density at radius 1 is 1.15 bits per heavy atom. The van der Waals surface area contributed by atoms with E-state index < -0.39 is 15.5 Å². The number of nitrogens with zero attached hydrogens (tertiary/aromatic N) is 3. The molecule has 3 aromatic rings. The van der Waals surface area contributed by atoms with Crippen LogP contribution in [0.5, 0.6) is 0 Å². The van der Waals surface area contributed by atoms with Crippen LogP contribution >= 0.6 is 15.9 Å². The summed E-state index contributed by atoms with van der Waals surface area (Å²) in [6.45, 7) is 3.59. The quantitative estimate of drug-likeness (QED) is 0.337. The number of hydrogen-bond acceptors (Lipinski definition) is 7. The van der Waals surface area contributed by atoms with E-state index in [4.69, 9.17) is 4.42 Å². The van der Waals surface area contributed by atoms with E-state index in [1.807, 2.05) is 25.1 Å². The van der Waals surface area contributed by atoms with Crippen LogP contribution in [0.15, 0.2) is 50.4 Å². The van der Waals surface area contributed by atoms with E-state index in [0.29, 0.717) is 17.1 Å². The number of hydrogen-bond donors (Lipinski definition) is 1. The van der Waals surface area contributed by atoms with Crippen molar-refractivity contribution in [3.05, 3.63) is 72.4 Å². The van der Waals surface area contributed by atoms with Gasteiger partial charge in [-0.1, -0.05) is 15.9 Å². The predicted octanol–water partition coefficient (Wildman–Crippen LogP) is 5.16. The van der Waals surface area contributed by atoms with Crippen LogP contribution in [0.25, 0.3) is 11.0 Å². The molecule has 0 aliphatic heterocycles. The third kappa shape index (κ3) is 3.65. The Balaban J connectivity index is 1.95. The number of non-ortho nitro benzene ring substituents is 1. The molecule has 0 fully saturated rings. The molecule has 1 heterocycles. The lowest BCUT2D eigenvalue weighted by Gasteiger charge is -2.04. The fraction of sp³-hybridized carbons (Fsp3) is 0.118. The van der Waals surface area contributed by atoms with Gasteiger partial charge in [-0.05, 0) is 38.1 Å². The summed E-state index contributed by atoms with van der Waals surface area (Å²) >= 11 is 3.42. The maximum absolute atomic E-state index is 11.2. The highest BCUT2D eigenvalue weighted by atomic mass is 79.9. The molecule has 0 amide bonds. The normalized spacial score (nSPS) is 11.6. The van der Waals surface area contributed by atoms with Crippen LogP contribution in [0.4, 0.5) is 17.1 Å². The molecule has 0 bridgehead atoms. The molecule has 1 N–H and O–H groups in total. The lowest BCUT2D eigenvalue weighted by molar-refractivity contribution is -0.393. The molecule has 3 rings (SSSR count). The van der Waals surface area contributed by atoms with Crippen molar-refractivity contribution in [1.29, 1.82) is 0 Å². The first-order valence-corrected chi connectivity index (χ1v) is 8.49. The largest absolute Gasteiger partial charge is 0.454 e. The van der Waals surface area contributed by atoms with Gasteiger partial charge in [0.25, 0.3) is 5.69 Å². The molecule has 0 aliphatic carbocycles. The minimum absolute atomic E-state index is 0.0430. The van der Waals surface area contributed by atoms with Crippen LogP contribution in [0.3, 0.4) is 0 Å². The Morgan fingerprint density at radius 2 is 1.89 bits per heavy atom. The summed E-state index contributed by atoms with van der Waals surface area (Å²) in [5, 5.41) is 27.1. The SMILES string of the molecule is CC(=NNc1ccc([N+](=O)[O-])cc1[N+](=O)[O-])c1oc2ccc(Br)cc2c1C. The lowest BCUT2D eigenvalue weighted by atomic mass is 10.1. The molecule has 1 aromatic heterocycles. The minimum Gasteiger partial charge on any atom is -0.454 e. The van der Waals surface area contributed by atoms with Crippen molar-refractivity contribution in [3.8, 4) is 0 Å². The van der Waals surface area contributed by atoms with Gasteiger partial charge in [-0.3, -0.25) is 25.7 Å². The van der Waals surface area contributed by atoms with E-state index >= 15 is 0 Å². The van der Waals surface area contributed by atoms with Crippen LogP contribution in [-0.2, 0) is 0 Å². The maximum atomic E-state index is 11.2. The molecule has 0 spiro atoms. The van der Waals surface area contributed by atoms with Crippen molar-refractivity contribution in [1.82, 2.24) is 0 Å². The Kier molecular flexibility index (Phi) is 4.91. The number of aryl methyl sites for hydroxylation is 1. The minimum atomic E-state index is -0.704. The molecule has 0 aliphatic rings. The zero-order chi connectivity index (χ0) is 19.7. The number of anilines is 1. The van der Waals surface area contributed by atoms with Crippen molar-refractivity contribution in [3.63, 3.8) is 0 Å². The average molecular weight is 433 g/mol. The van der Waals surface area contributed by atoms with Gasteiger partial charge in [0.15, 0.2) is 5.76 Å². The molecule has 0 radical (unpaired) electrons. The number of nitro benzene ring substituents is 2. The van der Waals surface area contributed by atoms with Crippen LogP contribution in [0, 0.1) is 27.2 Å². The molecule has 0 unspecified atom stereocenters. The number of fused-ring (bicyclic) bond motifs is 1. The Morgan fingerprint density at radius 3 is 2.56 bits per heavy atom. The number of nitro groups is 2. The molecule has 0 saturated carbocycles. The third-order valence-electron chi connectivity index (χ3n) is 3.96. The van der Waals surface area contributed by atoms with Crippen LogP contribution in [0.2, 0.25) is 0 Å². The van der Waals surface area contributed by atoms with Crippen LogP contribution in [0.1, 0.15) is 18.2 Å². The molecular weight excluding hydrogens is 420 g/mol. The van der Waals surface area contributed by atoms with Gasteiger partial charge in [0.1, 0.15) is 17.0 Å². The van der Waals surface area contributed by atoms with Crippen molar-refractivity contribution in [2.75, 3.05) is 5.43 Å². The second kappa shape index (κ2) is 7.16. The summed E-state index contributed by atoms with van der Waals surface area (Å²) in [7, 11) is 0. The zero-order valence-electron chi connectivity index (χ0n) is 14.2. The van der Waals surface area contributed by atoms with Gasteiger partial charge in [0.2, 0.25) is 0 Å². The molecule has 27 heavy (non-hydrogen) atoms. The van der Waals surface area contributed by atoms with Crippen LogP contribution in [-0.4, -0.2) is 15.6 Å². The maximum Gasteiger partial charge on any atom is 0.301 e. The van der Waals surface area contributed by atoms with Crippen molar-refractivity contribution < 1.29 is 14.3 Å². The van der Waals surface area contributed by atoms with Gasteiger partial charge >= 0.3 is 5.69 Å². The van der Waals surface area contributed by atoms with E-state index in [-0.39, 0.29) is 11.4 Å². The van der Waals surface area contributed by atoms with Gasteiger partial charge in [0.05, 0.1) is 15.9 Å². The predicted molar refractivity (Wildman–Crippen MR) is 104 cm³/mol. The van der Waals surface area contributed by atoms with E-state index in [1.165, 1.54) is 12.1 Å². The smallest absolute Gasteiger partial charge is 0.301 e. The van der Waals surface area contributed by atoms with E-state index in [9.17, 15) is 20.2 Å². The number of furan rings is 1. The van der Waals surface area contributed by atoms with Gasteiger partial charge in [-0.15, -0.1) is 0 Å². The summed E-state index contributed by atoms with van der Waals surface area (Å²) in [5.74, 6) is 0.542. The zero-order valence-corrected chi connectivity index (χ0v) is 15.8. The fourth-order valence-corrected chi connectivity index (χ4v) is 2.97. The molecule has 2 aromatic carbocycles. The van der Waals surface area contributed by atoms with E-state index in [1.54, 1.807) is 6.92 Å². The first-order valence-electron chi connectivity index (χ1n) is 7.70. The molecule has 9 nitrogen and oxygen atoms in total. The van der Waals surface area contributed by atoms with E-state index in [2.05, 4.69) is 26.5 Å². The summed E-state index contributed by atoms with van der Waals surface area (Å²) in [5.41, 5.74) is 3.89. The third-order valence-corrected chi connectivity index (χ3v) is 4.45. The topological polar surface area (TPSA) is 124 Å². The molecule has 138 valence electrons. The Hall–Kier alpha value is -3.27. The highest BCUT2D eigenvalue weighted by molar-refractivity contribution is 9.10. The number of halogens is 1. The average Bonchev–Trinajstić information content (AvgIpc) is 2.95. The van der Waals surface area contributed by atoms with Crippen molar-refractivity contribution in [2.24, 2.45) is 5.10 Å². The number of hydrazone groups is 1.